The van der Waals surface area contributed by atoms with Crippen molar-refractivity contribution in [3.8, 4) is 0 Å². The van der Waals surface area contributed by atoms with E-state index in [0.29, 0.717) is 4.60 Å². The maximum Gasteiger partial charge on any atom is 0.344 e. The highest BCUT2D eigenvalue weighted by atomic mass is 79.9. The molecule has 0 atom stereocenters. The van der Waals surface area contributed by atoms with Crippen LogP contribution in [0.2, 0.25) is 0 Å². The molecule has 0 aliphatic carbocycles. The molecule has 0 aliphatic heterocycles. The number of halogens is 1. The van der Waals surface area contributed by atoms with Crippen molar-refractivity contribution in [2.45, 2.75) is 0 Å². The number of aromatic nitrogens is 1. The molecule has 0 aromatic carbocycles. The van der Waals surface area contributed by atoms with E-state index in [2.05, 4.69) is 25.7 Å². The predicted octanol–water partition coefficient (Wildman–Crippen LogP) is 0.924. The third-order valence-corrected chi connectivity index (χ3v) is 1.93. The number of H-pyrrole nitrogens is 1. The number of hydrogen-bond donors (Lipinski definition) is 1. The van der Waals surface area contributed by atoms with Crippen LogP contribution < -0.4 is 5.43 Å². The Morgan fingerprint density at radius 2 is 2.33 bits per heavy atom. The van der Waals surface area contributed by atoms with Gasteiger partial charge in [-0.15, -0.1) is 0 Å². The Morgan fingerprint density at radius 3 is 2.83 bits per heavy atom. The lowest BCUT2D eigenvalue weighted by Gasteiger charge is -1.99. The van der Waals surface area contributed by atoms with Crippen molar-refractivity contribution in [3.05, 3.63) is 32.7 Å². The number of carbonyl (C=O) groups excluding carboxylic acids is 1. The van der Waals surface area contributed by atoms with Crippen LogP contribution in [0.5, 0.6) is 0 Å². The maximum absolute atomic E-state index is 11.1. The van der Waals surface area contributed by atoms with Gasteiger partial charge in [-0.05, 0) is 15.9 Å². The van der Waals surface area contributed by atoms with Gasteiger partial charge in [-0.2, -0.15) is 0 Å². The molecule has 0 unspecified atom stereocenters. The molecule has 0 bridgehead atoms. The van der Waals surface area contributed by atoms with Crippen molar-refractivity contribution in [1.82, 2.24) is 4.98 Å². The van der Waals surface area contributed by atoms with Gasteiger partial charge in [-0.1, -0.05) is 0 Å². The standard InChI is InChI=1S/C7H6BrNO3/c1-12-7(11)5-4(10)2-3-9-6(5)8/h2-3H,1H3,(H,9,10). The van der Waals surface area contributed by atoms with Crippen molar-refractivity contribution >= 4 is 21.9 Å². The van der Waals surface area contributed by atoms with Crippen molar-refractivity contribution in [2.75, 3.05) is 7.11 Å². The normalized spacial score (nSPS) is 9.50. The molecule has 1 aromatic heterocycles. The summed E-state index contributed by atoms with van der Waals surface area (Å²) in [5.74, 6) is -0.649. The second-order valence-corrected chi connectivity index (χ2v) is 2.82. The van der Waals surface area contributed by atoms with Gasteiger partial charge >= 0.3 is 5.97 Å². The highest BCUT2D eigenvalue weighted by molar-refractivity contribution is 9.10. The number of esters is 1. The van der Waals surface area contributed by atoms with E-state index in [1.54, 1.807) is 0 Å². The van der Waals surface area contributed by atoms with Gasteiger partial charge < -0.3 is 9.72 Å². The minimum Gasteiger partial charge on any atom is -0.465 e. The van der Waals surface area contributed by atoms with Crippen LogP contribution in [-0.4, -0.2) is 18.1 Å². The maximum atomic E-state index is 11.1. The molecule has 0 radical (unpaired) electrons. The predicted molar refractivity (Wildman–Crippen MR) is 46.1 cm³/mol. The minimum atomic E-state index is -0.649. The van der Waals surface area contributed by atoms with E-state index < -0.39 is 5.97 Å². The summed E-state index contributed by atoms with van der Waals surface area (Å²) < 4.78 is 4.74. The van der Waals surface area contributed by atoms with Crippen molar-refractivity contribution in [2.24, 2.45) is 0 Å². The Kier molecular flexibility index (Phi) is 2.65. The quantitative estimate of drug-likeness (QED) is 0.578. The second-order valence-electron chi connectivity index (χ2n) is 2.02. The van der Waals surface area contributed by atoms with Gasteiger partial charge in [0.1, 0.15) is 10.2 Å². The summed E-state index contributed by atoms with van der Waals surface area (Å²) in [5, 5.41) is 0. The van der Waals surface area contributed by atoms with E-state index in [-0.39, 0.29) is 11.0 Å². The Bertz CT molecular complexity index is 358. The summed E-state index contributed by atoms with van der Waals surface area (Å²) in [6, 6.07) is 1.26. The molecule has 0 aliphatic rings. The zero-order valence-corrected chi connectivity index (χ0v) is 7.84. The number of aromatic amines is 1. The van der Waals surface area contributed by atoms with Crippen molar-refractivity contribution in [3.63, 3.8) is 0 Å². The zero-order chi connectivity index (χ0) is 9.14. The van der Waals surface area contributed by atoms with E-state index in [4.69, 9.17) is 0 Å². The number of rotatable bonds is 1. The Balaban J connectivity index is 3.31. The summed E-state index contributed by atoms with van der Waals surface area (Å²) >= 11 is 3.03. The smallest absolute Gasteiger partial charge is 0.344 e. The molecule has 1 rings (SSSR count). The third-order valence-electron chi connectivity index (χ3n) is 1.30. The van der Waals surface area contributed by atoms with Gasteiger partial charge in [0, 0.05) is 12.3 Å². The van der Waals surface area contributed by atoms with Crippen LogP contribution in [0.25, 0.3) is 0 Å². The molecule has 1 N–H and O–H groups in total. The molecule has 4 nitrogen and oxygen atoms in total. The summed E-state index contributed by atoms with van der Waals surface area (Å²) in [5.41, 5.74) is -0.382. The molecule has 0 saturated carbocycles. The third kappa shape index (κ3) is 1.55. The summed E-state index contributed by atoms with van der Waals surface area (Å²) in [7, 11) is 1.22. The number of ether oxygens (including phenoxy) is 1. The molecule has 1 heterocycles. The molecule has 0 amide bonds. The van der Waals surface area contributed by atoms with Crippen molar-refractivity contribution in [1.29, 1.82) is 0 Å². The largest absolute Gasteiger partial charge is 0.465 e. The molecule has 1 aromatic rings. The van der Waals surface area contributed by atoms with Gasteiger partial charge in [-0.25, -0.2) is 4.79 Å². The van der Waals surface area contributed by atoms with Crippen LogP contribution in [0, 0.1) is 0 Å². The number of pyridine rings is 1. The van der Waals surface area contributed by atoms with Crippen LogP contribution >= 0.6 is 15.9 Å². The first kappa shape index (κ1) is 8.99. The lowest BCUT2D eigenvalue weighted by Crippen LogP contribution is -2.16. The van der Waals surface area contributed by atoms with E-state index in [0.717, 1.165) is 0 Å². The SMILES string of the molecule is COC(=O)c1c(Br)[nH]ccc1=O. The van der Waals surface area contributed by atoms with E-state index in [9.17, 15) is 9.59 Å². The van der Waals surface area contributed by atoms with Gasteiger partial charge in [0.2, 0.25) is 0 Å². The van der Waals surface area contributed by atoms with Gasteiger partial charge in [0.25, 0.3) is 0 Å². The summed E-state index contributed by atoms with van der Waals surface area (Å²) in [6.45, 7) is 0. The lowest BCUT2D eigenvalue weighted by molar-refractivity contribution is 0.0597. The average Bonchev–Trinajstić information content (AvgIpc) is 2.03. The summed E-state index contributed by atoms with van der Waals surface area (Å²) in [4.78, 5) is 24.7. The fraction of sp³-hybridized carbons (Fsp3) is 0.143. The number of nitrogens with one attached hydrogen (secondary N) is 1. The van der Waals surface area contributed by atoms with Crippen LogP contribution in [0.15, 0.2) is 21.7 Å². The Morgan fingerprint density at radius 1 is 1.67 bits per heavy atom. The first-order chi connectivity index (χ1) is 5.66. The number of methoxy groups -OCH3 is 1. The monoisotopic (exact) mass is 231 g/mol. The minimum absolute atomic E-state index is 0.0139. The lowest BCUT2D eigenvalue weighted by atomic mass is 10.3. The number of carbonyl (C=O) groups is 1. The van der Waals surface area contributed by atoms with E-state index in [1.807, 2.05) is 0 Å². The van der Waals surface area contributed by atoms with E-state index >= 15 is 0 Å². The van der Waals surface area contributed by atoms with Crippen LogP contribution in [-0.2, 0) is 4.74 Å². The molecular formula is C7H6BrNO3. The second kappa shape index (κ2) is 3.53. The van der Waals surface area contributed by atoms with E-state index in [1.165, 1.54) is 19.4 Å². The van der Waals surface area contributed by atoms with Crippen LogP contribution in [0.4, 0.5) is 0 Å². The molecular weight excluding hydrogens is 226 g/mol. The summed E-state index contributed by atoms with van der Waals surface area (Å²) in [6.07, 6.45) is 1.44. The van der Waals surface area contributed by atoms with Crippen LogP contribution in [0.1, 0.15) is 10.4 Å². The molecule has 5 heteroatoms. The van der Waals surface area contributed by atoms with Gasteiger partial charge in [0.05, 0.1) is 7.11 Å². The Labute approximate surface area is 76.7 Å². The molecule has 0 saturated heterocycles. The van der Waals surface area contributed by atoms with Crippen LogP contribution in [0.3, 0.4) is 0 Å². The fourth-order valence-corrected chi connectivity index (χ4v) is 1.24. The fourth-order valence-electron chi connectivity index (χ4n) is 0.746. The molecule has 0 spiro atoms. The molecule has 12 heavy (non-hydrogen) atoms. The number of hydrogen-bond acceptors (Lipinski definition) is 3. The highest BCUT2D eigenvalue weighted by Crippen LogP contribution is 2.08. The average molecular weight is 232 g/mol. The van der Waals surface area contributed by atoms with Gasteiger partial charge in [-0.3, -0.25) is 4.79 Å². The Hall–Kier alpha value is -1.10. The van der Waals surface area contributed by atoms with Gasteiger partial charge in [0.15, 0.2) is 5.43 Å². The highest BCUT2D eigenvalue weighted by Gasteiger charge is 2.13. The van der Waals surface area contributed by atoms with Crippen molar-refractivity contribution < 1.29 is 9.53 Å². The molecule has 64 valence electrons. The topological polar surface area (TPSA) is 59.2 Å². The zero-order valence-electron chi connectivity index (χ0n) is 6.26. The first-order valence-electron chi connectivity index (χ1n) is 3.12. The first-order valence-corrected chi connectivity index (χ1v) is 3.91. The molecule has 0 fully saturated rings.